The number of ether oxygens (including phenoxy) is 2. The molecule has 2 rings (SSSR count). The molecule has 0 saturated carbocycles. The second-order valence-corrected chi connectivity index (χ2v) is 6.59. The molecule has 3 N–H and O–H groups in total. The Bertz CT molecular complexity index is 615. The average molecular weight is 392 g/mol. The van der Waals surface area contributed by atoms with Gasteiger partial charge in [-0.3, -0.25) is 14.7 Å². The molecule has 0 bridgehead atoms. The summed E-state index contributed by atoms with van der Waals surface area (Å²) < 4.78 is 10.8. The number of carbonyl (C=O) groups is 1. The van der Waals surface area contributed by atoms with E-state index < -0.39 is 0 Å². The summed E-state index contributed by atoms with van der Waals surface area (Å²) in [4.78, 5) is 18.4. The first-order valence-corrected chi connectivity index (χ1v) is 9.84. The maximum atomic E-state index is 11.8. The number of benzene rings is 1. The summed E-state index contributed by atoms with van der Waals surface area (Å²) in [6.07, 6.45) is 0.918. The van der Waals surface area contributed by atoms with E-state index in [1.807, 2.05) is 19.1 Å². The Morgan fingerprint density at radius 3 is 2.54 bits per heavy atom. The van der Waals surface area contributed by atoms with Crippen LogP contribution in [0.1, 0.15) is 24.9 Å². The van der Waals surface area contributed by atoms with E-state index in [0.717, 1.165) is 38.5 Å². The van der Waals surface area contributed by atoms with Crippen molar-refractivity contribution in [1.82, 2.24) is 20.9 Å². The van der Waals surface area contributed by atoms with Gasteiger partial charge in [0, 0.05) is 33.2 Å². The van der Waals surface area contributed by atoms with Gasteiger partial charge in [-0.05, 0) is 24.1 Å². The van der Waals surface area contributed by atoms with Gasteiger partial charge < -0.3 is 25.4 Å². The fraction of sp³-hybridized carbons (Fsp3) is 0.600. The molecule has 0 aliphatic carbocycles. The van der Waals surface area contributed by atoms with Crippen molar-refractivity contribution in [2.24, 2.45) is 4.99 Å². The Hall–Kier alpha value is -2.32. The molecule has 8 nitrogen and oxygen atoms in total. The van der Waals surface area contributed by atoms with Crippen molar-refractivity contribution in [1.29, 1.82) is 0 Å². The first kappa shape index (κ1) is 22.0. The van der Waals surface area contributed by atoms with Gasteiger partial charge in [0.05, 0.1) is 32.9 Å². The van der Waals surface area contributed by atoms with E-state index in [0.29, 0.717) is 19.0 Å². The van der Waals surface area contributed by atoms with E-state index in [4.69, 9.17) is 9.47 Å². The summed E-state index contributed by atoms with van der Waals surface area (Å²) in [5.74, 6) is 1.41. The minimum atomic E-state index is -0.0373. The molecule has 1 fully saturated rings. The average Bonchev–Trinajstić information content (AvgIpc) is 2.75. The Balaban J connectivity index is 1.97. The van der Waals surface area contributed by atoms with Crippen molar-refractivity contribution in [3.8, 4) is 5.75 Å². The molecule has 1 aromatic rings. The molecular formula is C20H33N5O3. The van der Waals surface area contributed by atoms with Crippen molar-refractivity contribution in [3.63, 3.8) is 0 Å². The lowest BCUT2D eigenvalue weighted by atomic mass is 10.0. The van der Waals surface area contributed by atoms with Crippen LogP contribution >= 0.6 is 0 Å². The Morgan fingerprint density at radius 1 is 1.21 bits per heavy atom. The van der Waals surface area contributed by atoms with Crippen LogP contribution in [0.5, 0.6) is 5.75 Å². The zero-order chi connectivity index (χ0) is 20.2. The lowest BCUT2D eigenvalue weighted by Crippen LogP contribution is -2.48. The normalized spacial score (nSPS) is 16.3. The van der Waals surface area contributed by atoms with Gasteiger partial charge in [-0.25, -0.2) is 0 Å². The number of hydrogen-bond acceptors (Lipinski definition) is 5. The topological polar surface area (TPSA) is 87.2 Å². The summed E-state index contributed by atoms with van der Waals surface area (Å²) in [6.45, 7) is 6.80. The molecule has 28 heavy (non-hydrogen) atoms. The van der Waals surface area contributed by atoms with Crippen LogP contribution in [-0.2, 0) is 9.53 Å². The highest BCUT2D eigenvalue weighted by Gasteiger charge is 2.23. The Kier molecular flexibility index (Phi) is 9.57. The van der Waals surface area contributed by atoms with Gasteiger partial charge >= 0.3 is 0 Å². The van der Waals surface area contributed by atoms with Gasteiger partial charge in [0.1, 0.15) is 5.75 Å². The predicted molar refractivity (Wildman–Crippen MR) is 111 cm³/mol. The largest absolute Gasteiger partial charge is 0.497 e. The number of carbonyl (C=O) groups excluding carboxylic acids is 1. The molecule has 1 heterocycles. The Morgan fingerprint density at radius 2 is 1.93 bits per heavy atom. The van der Waals surface area contributed by atoms with E-state index in [-0.39, 0.29) is 18.5 Å². The maximum absolute atomic E-state index is 11.8. The van der Waals surface area contributed by atoms with Gasteiger partial charge in [0.2, 0.25) is 5.91 Å². The first-order chi connectivity index (χ1) is 13.7. The summed E-state index contributed by atoms with van der Waals surface area (Å²) in [7, 11) is 3.37. The predicted octanol–water partition coefficient (Wildman–Crippen LogP) is 0.760. The SMILES string of the molecule is CCCNC(=O)CNC(=NC)NCC(c1ccc(OC)cc1)N1CCOCC1. The number of nitrogens with zero attached hydrogens (tertiary/aromatic N) is 2. The summed E-state index contributed by atoms with van der Waals surface area (Å²) in [5.41, 5.74) is 1.20. The quantitative estimate of drug-likeness (QED) is 0.426. The molecule has 1 amide bonds. The fourth-order valence-corrected chi connectivity index (χ4v) is 3.08. The van der Waals surface area contributed by atoms with Crippen LogP contribution in [0.25, 0.3) is 0 Å². The zero-order valence-corrected chi connectivity index (χ0v) is 17.2. The smallest absolute Gasteiger partial charge is 0.239 e. The monoisotopic (exact) mass is 391 g/mol. The summed E-state index contributed by atoms with van der Waals surface area (Å²) in [5, 5.41) is 9.27. The van der Waals surface area contributed by atoms with E-state index in [1.54, 1.807) is 14.2 Å². The zero-order valence-electron chi connectivity index (χ0n) is 17.2. The number of aliphatic imine (C=N–C) groups is 1. The van der Waals surface area contributed by atoms with Crippen LogP contribution in [0.2, 0.25) is 0 Å². The molecule has 1 aliphatic heterocycles. The van der Waals surface area contributed by atoms with Crippen molar-refractivity contribution < 1.29 is 14.3 Å². The highest BCUT2D eigenvalue weighted by Crippen LogP contribution is 2.23. The minimum absolute atomic E-state index is 0.0373. The van der Waals surface area contributed by atoms with Gasteiger partial charge in [-0.2, -0.15) is 0 Å². The van der Waals surface area contributed by atoms with Gasteiger partial charge in [-0.1, -0.05) is 19.1 Å². The van der Waals surface area contributed by atoms with Crippen LogP contribution < -0.4 is 20.7 Å². The lowest BCUT2D eigenvalue weighted by Gasteiger charge is -2.35. The first-order valence-electron chi connectivity index (χ1n) is 9.84. The van der Waals surface area contributed by atoms with Crippen molar-refractivity contribution in [2.75, 3.05) is 60.1 Å². The van der Waals surface area contributed by atoms with Crippen molar-refractivity contribution >= 4 is 11.9 Å². The number of hydrogen-bond donors (Lipinski definition) is 3. The lowest BCUT2D eigenvalue weighted by molar-refractivity contribution is -0.120. The summed E-state index contributed by atoms with van der Waals surface area (Å²) >= 11 is 0. The molecule has 0 radical (unpaired) electrons. The molecule has 8 heteroatoms. The van der Waals surface area contributed by atoms with Crippen LogP contribution in [0.15, 0.2) is 29.3 Å². The molecule has 1 atom stereocenters. The second-order valence-electron chi connectivity index (χ2n) is 6.59. The van der Waals surface area contributed by atoms with Gasteiger partial charge in [-0.15, -0.1) is 0 Å². The highest BCUT2D eigenvalue weighted by molar-refractivity contribution is 5.86. The minimum Gasteiger partial charge on any atom is -0.497 e. The van der Waals surface area contributed by atoms with E-state index in [9.17, 15) is 4.79 Å². The molecule has 1 aliphatic rings. The van der Waals surface area contributed by atoms with E-state index in [2.05, 4.69) is 38.0 Å². The molecule has 1 unspecified atom stereocenters. The van der Waals surface area contributed by atoms with Gasteiger partial charge in [0.15, 0.2) is 5.96 Å². The third-order valence-electron chi connectivity index (χ3n) is 4.66. The Labute approximate surface area is 167 Å². The molecular weight excluding hydrogens is 358 g/mol. The van der Waals surface area contributed by atoms with Crippen LogP contribution in [-0.4, -0.2) is 76.9 Å². The van der Waals surface area contributed by atoms with E-state index in [1.165, 1.54) is 5.56 Å². The molecule has 0 spiro atoms. The number of rotatable bonds is 9. The number of guanidine groups is 1. The van der Waals surface area contributed by atoms with Crippen LogP contribution in [0.3, 0.4) is 0 Å². The molecule has 156 valence electrons. The maximum Gasteiger partial charge on any atom is 0.239 e. The number of amides is 1. The number of morpholine rings is 1. The van der Waals surface area contributed by atoms with E-state index >= 15 is 0 Å². The highest BCUT2D eigenvalue weighted by atomic mass is 16.5. The van der Waals surface area contributed by atoms with Crippen molar-refractivity contribution in [3.05, 3.63) is 29.8 Å². The molecule has 1 aromatic carbocycles. The molecule has 1 saturated heterocycles. The van der Waals surface area contributed by atoms with Crippen LogP contribution in [0, 0.1) is 0 Å². The third kappa shape index (κ3) is 7.01. The number of methoxy groups -OCH3 is 1. The van der Waals surface area contributed by atoms with Crippen molar-refractivity contribution in [2.45, 2.75) is 19.4 Å². The standard InChI is InChI=1S/C20H33N5O3/c1-4-9-22-19(26)15-24-20(21-2)23-14-18(25-10-12-28-13-11-25)16-5-7-17(27-3)8-6-16/h5-8,18H,4,9-15H2,1-3H3,(H,22,26)(H2,21,23,24). The third-order valence-corrected chi connectivity index (χ3v) is 4.66. The van der Waals surface area contributed by atoms with Crippen LogP contribution in [0.4, 0.5) is 0 Å². The van der Waals surface area contributed by atoms with Gasteiger partial charge in [0.25, 0.3) is 0 Å². The number of nitrogens with one attached hydrogen (secondary N) is 3. The fourth-order valence-electron chi connectivity index (χ4n) is 3.08. The summed E-state index contributed by atoms with van der Waals surface area (Å²) in [6, 6.07) is 8.31. The second kappa shape index (κ2) is 12.2. The molecule has 0 aromatic heterocycles.